The summed E-state index contributed by atoms with van der Waals surface area (Å²) in [7, 11) is 1.65. The summed E-state index contributed by atoms with van der Waals surface area (Å²) in [5.41, 5.74) is 2.31. The predicted octanol–water partition coefficient (Wildman–Crippen LogP) is 2.89. The molecule has 0 N–H and O–H groups in total. The highest BCUT2D eigenvalue weighted by atomic mass is 16.6. The number of nitrogens with zero attached hydrogens (tertiary/aromatic N) is 4. The normalized spacial score (nSPS) is 16.6. The summed E-state index contributed by atoms with van der Waals surface area (Å²) in [6.45, 7) is 1.83. The lowest BCUT2D eigenvalue weighted by atomic mass is 10.2. The molecule has 8 heteroatoms. The van der Waals surface area contributed by atoms with Gasteiger partial charge >= 0.3 is 11.8 Å². The van der Waals surface area contributed by atoms with Crippen molar-refractivity contribution in [3.05, 3.63) is 56.2 Å². The van der Waals surface area contributed by atoms with E-state index in [1.807, 2.05) is 31.2 Å². The molecule has 3 aliphatic rings. The van der Waals surface area contributed by atoms with Gasteiger partial charge < -0.3 is 4.74 Å². The molecule has 2 heterocycles. The summed E-state index contributed by atoms with van der Waals surface area (Å²) in [5.74, 6) is 6.19. The fourth-order valence-corrected chi connectivity index (χ4v) is 4.05. The summed E-state index contributed by atoms with van der Waals surface area (Å²) in [4.78, 5) is 44.1. The van der Waals surface area contributed by atoms with Crippen LogP contribution in [-0.4, -0.2) is 34.6 Å². The lowest BCUT2D eigenvalue weighted by Gasteiger charge is -2.18. The van der Waals surface area contributed by atoms with E-state index in [0.717, 1.165) is 36.9 Å². The number of hydrogen-bond acceptors (Lipinski definition) is 5. The third-order valence-electron chi connectivity index (χ3n) is 6.05. The number of para-hydroxylation sites is 1. The monoisotopic (exact) mass is 432 g/mol. The van der Waals surface area contributed by atoms with Crippen molar-refractivity contribution in [2.75, 3.05) is 18.6 Å². The molecule has 1 amide bonds. The largest absolute Gasteiger partial charge is 0.436 e. The van der Waals surface area contributed by atoms with Crippen molar-refractivity contribution in [1.82, 2.24) is 9.13 Å². The third-order valence-corrected chi connectivity index (χ3v) is 6.05. The number of fused-ring (bicyclic) bond motifs is 1. The Balaban J connectivity index is 1.30. The van der Waals surface area contributed by atoms with E-state index in [1.165, 1.54) is 9.47 Å². The second-order valence-electron chi connectivity index (χ2n) is 8.53. The third kappa shape index (κ3) is 3.64. The zero-order valence-electron chi connectivity index (χ0n) is 18.1. The number of rotatable bonds is 4. The van der Waals surface area contributed by atoms with Gasteiger partial charge in [0.15, 0.2) is 6.61 Å². The van der Waals surface area contributed by atoms with E-state index in [9.17, 15) is 14.4 Å². The van der Waals surface area contributed by atoms with Crippen LogP contribution in [-0.2, 0) is 11.2 Å². The maximum absolute atomic E-state index is 12.9. The Bertz CT molecular complexity index is 1320. The molecule has 2 saturated carbocycles. The Hall–Kier alpha value is -3.60. The number of carbonyl (C=O) groups is 1. The standard InChI is InChI=1S/C24H24N4O4/c1-15-6-3-4-8-20(15)26(2)24(31)32-13-5-7-16-14-19-21(25-16)27(17-9-10-17)23(30)28(22(19)29)18-11-12-18/h3-4,6,8,17-18H,9-14H2,1-2H3. The molecule has 2 fully saturated rings. The van der Waals surface area contributed by atoms with E-state index in [1.54, 1.807) is 11.6 Å². The molecular weight excluding hydrogens is 408 g/mol. The van der Waals surface area contributed by atoms with Crippen molar-refractivity contribution in [3.63, 3.8) is 0 Å². The van der Waals surface area contributed by atoms with Crippen molar-refractivity contribution in [1.29, 1.82) is 0 Å². The highest BCUT2D eigenvalue weighted by Crippen LogP contribution is 2.40. The lowest BCUT2D eigenvalue weighted by Crippen LogP contribution is -2.40. The first kappa shape index (κ1) is 20.3. The summed E-state index contributed by atoms with van der Waals surface area (Å²) in [6.07, 6.45) is 3.40. The molecule has 2 aromatic rings. The van der Waals surface area contributed by atoms with Crippen LogP contribution < -0.4 is 16.1 Å². The average molecular weight is 432 g/mol. The molecule has 0 spiro atoms. The van der Waals surface area contributed by atoms with E-state index in [2.05, 4.69) is 16.8 Å². The van der Waals surface area contributed by atoms with Crippen LogP contribution in [0.4, 0.5) is 16.3 Å². The lowest BCUT2D eigenvalue weighted by molar-refractivity contribution is 0.169. The maximum Gasteiger partial charge on any atom is 0.414 e. The fraction of sp³-hybridized carbons (Fsp3) is 0.417. The molecule has 32 heavy (non-hydrogen) atoms. The van der Waals surface area contributed by atoms with Gasteiger partial charge in [-0.2, -0.15) is 0 Å². The first-order chi connectivity index (χ1) is 15.5. The van der Waals surface area contributed by atoms with Gasteiger partial charge in [0.1, 0.15) is 5.82 Å². The number of amides is 1. The highest BCUT2D eigenvalue weighted by molar-refractivity contribution is 6.06. The molecule has 2 aliphatic carbocycles. The first-order valence-electron chi connectivity index (χ1n) is 10.9. The SMILES string of the molecule is Cc1ccccc1N(C)C(=O)OCC#CC1=Nc2c(c(=O)n(C3CC3)c(=O)n2C2CC2)C1. The van der Waals surface area contributed by atoms with Gasteiger partial charge in [0.25, 0.3) is 5.56 Å². The molecule has 0 saturated heterocycles. The van der Waals surface area contributed by atoms with E-state index < -0.39 is 6.09 Å². The van der Waals surface area contributed by atoms with Gasteiger partial charge in [-0.1, -0.05) is 24.1 Å². The van der Waals surface area contributed by atoms with Crippen molar-refractivity contribution in [3.8, 4) is 11.8 Å². The van der Waals surface area contributed by atoms with Crippen LogP contribution in [0.25, 0.3) is 0 Å². The number of hydrogen-bond donors (Lipinski definition) is 0. The highest BCUT2D eigenvalue weighted by Gasteiger charge is 2.36. The van der Waals surface area contributed by atoms with E-state index in [0.29, 0.717) is 23.5 Å². The van der Waals surface area contributed by atoms with Crippen LogP contribution in [0.3, 0.4) is 0 Å². The summed E-state index contributed by atoms with van der Waals surface area (Å²) >= 11 is 0. The van der Waals surface area contributed by atoms with Crippen LogP contribution in [0.15, 0.2) is 38.8 Å². The molecule has 1 aliphatic heterocycles. The summed E-state index contributed by atoms with van der Waals surface area (Å²) < 4.78 is 8.35. The smallest absolute Gasteiger partial charge is 0.414 e. The zero-order valence-corrected chi connectivity index (χ0v) is 18.1. The Morgan fingerprint density at radius 1 is 1.16 bits per heavy atom. The van der Waals surface area contributed by atoms with Crippen LogP contribution in [0.2, 0.25) is 0 Å². The molecule has 1 aromatic carbocycles. The van der Waals surface area contributed by atoms with Crippen molar-refractivity contribution in [2.45, 2.75) is 51.1 Å². The molecule has 0 bridgehead atoms. The van der Waals surface area contributed by atoms with Gasteiger partial charge in [-0.25, -0.2) is 14.6 Å². The van der Waals surface area contributed by atoms with Gasteiger partial charge in [-0.05, 0) is 50.2 Å². The Labute approximate surface area is 185 Å². The number of ether oxygens (including phenoxy) is 1. The first-order valence-corrected chi connectivity index (χ1v) is 10.9. The Morgan fingerprint density at radius 3 is 2.53 bits per heavy atom. The molecule has 0 radical (unpaired) electrons. The Kier molecular flexibility index (Phi) is 4.97. The number of benzene rings is 1. The van der Waals surface area contributed by atoms with Gasteiger partial charge in [-0.15, -0.1) is 0 Å². The second-order valence-corrected chi connectivity index (χ2v) is 8.53. The van der Waals surface area contributed by atoms with E-state index >= 15 is 0 Å². The van der Waals surface area contributed by atoms with Gasteiger partial charge in [0.05, 0.1) is 11.3 Å². The molecule has 0 atom stereocenters. The van der Waals surface area contributed by atoms with Crippen molar-refractivity contribution < 1.29 is 9.53 Å². The molecule has 8 nitrogen and oxygen atoms in total. The topological polar surface area (TPSA) is 85.9 Å². The minimum absolute atomic E-state index is 0.0186. The number of aryl methyl sites for hydroxylation is 1. The van der Waals surface area contributed by atoms with Crippen LogP contribution >= 0.6 is 0 Å². The van der Waals surface area contributed by atoms with Crippen LogP contribution in [0, 0.1) is 18.8 Å². The minimum Gasteiger partial charge on any atom is -0.436 e. The summed E-state index contributed by atoms with van der Waals surface area (Å²) in [6, 6.07) is 7.68. The number of carbonyl (C=O) groups excluding carboxylic acids is 1. The molecule has 5 rings (SSSR count). The summed E-state index contributed by atoms with van der Waals surface area (Å²) in [5, 5.41) is 0. The fourth-order valence-electron chi connectivity index (χ4n) is 4.05. The zero-order chi connectivity index (χ0) is 22.4. The molecular formula is C24H24N4O4. The van der Waals surface area contributed by atoms with Crippen LogP contribution in [0.5, 0.6) is 0 Å². The van der Waals surface area contributed by atoms with E-state index in [4.69, 9.17) is 4.74 Å². The number of aliphatic imine (C=N–C) groups is 1. The van der Waals surface area contributed by atoms with Crippen molar-refractivity contribution in [2.24, 2.45) is 4.99 Å². The Morgan fingerprint density at radius 2 is 1.84 bits per heavy atom. The average Bonchev–Trinajstić information content (AvgIpc) is 3.70. The number of anilines is 1. The van der Waals surface area contributed by atoms with Gasteiger partial charge in [0, 0.05) is 31.2 Å². The van der Waals surface area contributed by atoms with E-state index in [-0.39, 0.29) is 29.9 Å². The van der Waals surface area contributed by atoms with Gasteiger partial charge in [0.2, 0.25) is 0 Å². The van der Waals surface area contributed by atoms with Gasteiger partial charge in [-0.3, -0.25) is 18.8 Å². The maximum atomic E-state index is 12.9. The molecule has 1 aromatic heterocycles. The quantitative estimate of drug-likeness (QED) is 0.696. The molecule has 0 unspecified atom stereocenters. The number of aromatic nitrogens is 2. The predicted molar refractivity (Wildman–Crippen MR) is 121 cm³/mol. The second kappa shape index (κ2) is 7.83. The van der Waals surface area contributed by atoms with Crippen LogP contribution in [0.1, 0.15) is 48.9 Å². The minimum atomic E-state index is -0.500. The van der Waals surface area contributed by atoms with Crippen molar-refractivity contribution >= 4 is 23.3 Å². The molecule has 164 valence electrons.